The van der Waals surface area contributed by atoms with E-state index in [0.29, 0.717) is 18.6 Å². The van der Waals surface area contributed by atoms with Crippen LogP contribution >= 0.6 is 0 Å². The van der Waals surface area contributed by atoms with E-state index in [9.17, 15) is 9.59 Å². The van der Waals surface area contributed by atoms with Gasteiger partial charge in [-0.1, -0.05) is 36.4 Å². The Morgan fingerprint density at radius 3 is 2.72 bits per heavy atom. The molecular formula is C35H38N2O6. The molecule has 2 aromatic carbocycles. The highest BCUT2D eigenvalue weighted by Crippen LogP contribution is 2.67. The van der Waals surface area contributed by atoms with E-state index in [4.69, 9.17) is 18.6 Å². The van der Waals surface area contributed by atoms with Crippen molar-refractivity contribution in [2.45, 2.75) is 68.2 Å². The Morgan fingerprint density at radius 1 is 1.14 bits per heavy atom. The SMILES string of the molecule is COc1ccc2c3c1O[C@H]1[C@@H](N(C)C(=O)/C=C/c4ccoc4)CC[C@@]4(OC(C)=O)[C@@H](C2)N(CCc2ccccc2)CC[C@]314. The maximum atomic E-state index is 13.5. The number of hydrogen-bond donors (Lipinski definition) is 0. The summed E-state index contributed by atoms with van der Waals surface area (Å²) in [5, 5.41) is 0. The molecule has 2 bridgehead atoms. The molecule has 1 saturated carbocycles. The molecule has 3 aromatic rings. The van der Waals surface area contributed by atoms with Crippen LogP contribution in [0.25, 0.3) is 6.08 Å². The summed E-state index contributed by atoms with van der Waals surface area (Å²) in [5.41, 5.74) is 3.06. The van der Waals surface area contributed by atoms with Crippen molar-refractivity contribution in [1.82, 2.24) is 9.80 Å². The highest BCUT2D eigenvalue weighted by molar-refractivity contribution is 5.92. The Balaban J connectivity index is 1.30. The third-order valence-electron chi connectivity index (χ3n) is 10.4. The lowest BCUT2D eigenvalue weighted by atomic mass is 9.48. The van der Waals surface area contributed by atoms with E-state index in [2.05, 4.69) is 35.2 Å². The van der Waals surface area contributed by atoms with Gasteiger partial charge in [0.25, 0.3) is 0 Å². The number of benzene rings is 2. The van der Waals surface area contributed by atoms with Crippen molar-refractivity contribution in [3.05, 3.63) is 89.4 Å². The van der Waals surface area contributed by atoms with E-state index in [1.165, 1.54) is 18.1 Å². The maximum absolute atomic E-state index is 13.5. The van der Waals surface area contributed by atoms with Crippen LogP contribution < -0.4 is 9.47 Å². The number of rotatable bonds is 8. The van der Waals surface area contributed by atoms with E-state index >= 15 is 0 Å². The monoisotopic (exact) mass is 582 g/mol. The largest absolute Gasteiger partial charge is 0.493 e. The number of likely N-dealkylation sites (tertiary alicyclic amines) is 1. The van der Waals surface area contributed by atoms with Crippen LogP contribution in [-0.2, 0) is 32.6 Å². The van der Waals surface area contributed by atoms with Crippen molar-refractivity contribution in [3.63, 3.8) is 0 Å². The van der Waals surface area contributed by atoms with Gasteiger partial charge in [-0.15, -0.1) is 0 Å². The first kappa shape index (κ1) is 27.8. The van der Waals surface area contributed by atoms with Gasteiger partial charge < -0.3 is 23.5 Å². The summed E-state index contributed by atoms with van der Waals surface area (Å²) in [4.78, 5) is 30.8. The fourth-order valence-electron chi connectivity index (χ4n) is 8.59. The fourth-order valence-corrected chi connectivity index (χ4v) is 8.59. The smallest absolute Gasteiger partial charge is 0.303 e. The first-order valence-electron chi connectivity index (χ1n) is 15.2. The van der Waals surface area contributed by atoms with Crippen LogP contribution in [0.4, 0.5) is 0 Å². The van der Waals surface area contributed by atoms with Crippen LogP contribution in [0.2, 0.25) is 0 Å². The minimum Gasteiger partial charge on any atom is -0.493 e. The third-order valence-corrected chi connectivity index (χ3v) is 10.4. The summed E-state index contributed by atoms with van der Waals surface area (Å²) in [7, 11) is 3.51. The molecule has 1 saturated heterocycles. The molecule has 2 fully saturated rings. The summed E-state index contributed by atoms with van der Waals surface area (Å²) in [6.07, 6.45) is 9.88. The molecule has 1 spiro atoms. The minimum absolute atomic E-state index is 0.00486. The second-order valence-electron chi connectivity index (χ2n) is 12.3. The molecule has 224 valence electrons. The standard InChI is InChI=1S/C35H38N2O6/c1-23(38)43-35-16-13-27(36(2)30(39)12-9-25-15-20-41-22-25)33-34(35)17-19-37(18-14-24-7-5-4-6-8-24)29(35)21-26-10-11-28(40-3)32(42-33)31(26)34/h4-12,15,20,22,27,29,33H,13-14,16-19,21H2,1-3H3/b12-9+/t27-,29+,33-,34-,35+/m0/s1. The summed E-state index contributed by atoms with van der Waals surface area (Å²) in [6, 6.07) is 16.3. The quantitative estimate of drug-likeness (QED) is 0.279. The van der Waals surface area contributed by atoms with Gasteiger partial charge in [0.1, 0.15) is 11.7 Å². The summed E-state index contributed by atoms with van der Waals surface area (Å²) < 4.78 is 24.5. The molecule has 2 aliphatic heterocycles. The number of amides is 1. The van der Waals surface area contributed by atoms with Gasteiger partial charge in [0.2, 0.25) is 5.91 Å². The molecule has 43 heavy (non-hydrogen) atoms. The van der Waals surface area contributed by atoms with Crippen LogP contribution in [0.5, 0.6) is 11.5 Å². The molecule has 0 N–H and O–H groups in total. The first-order valence-corrected chi connectivity index (χ1v) is 15.2. The van der Waals surface area contributed by atoms with Crippen LogP contribution in [0.1, 0.15) is 48.4 Å². The molecule has 0 radical (unpaired) electrons. The first-order chi connectivity index (χ1) is 20.9. The van der Waals surface area contributed by atoms with E-state index in [-0.39, 0.29) is 30.1 Å². The zero-order chi connectivity index (χ0) is 29.8. The number of ether oxygens (including phenoxy) is 3. The Kier molecular flexibility index (Phi) is 6.84. The van der Waals surface area contributed by atoms with Crippen molar-refractivity contribution >= 4 is 18.0 Å². The predicted octanol–water partition coefficient (Wildman–Crippen LogP) is 4.80. The number of carbonyl (C=O) groups excluding carboxylic acids is 2. The highest BCUT2D eigenvalue weighted by atomic mass is 16.6. The second-order valence-corrected chi connectivity index (χ2v) is 12.3. The Bertz CT molecular complexity index is 1550. The molecule has 1 amide bonds. The summed E-state index contributed by atoms with van der Waals surface area (Å²) >= 11 is 0. The van der Waals surface area contributed by atoms with Crippen molar-refractivity contribution in [2.24, 2.45) is 0 Å². The molecule has 4 aliphatic rings. The number of likely N-dealkylation sites (N-methyl/N-ethyl adjacent to an activating group) is 1. The van der Waals surface area contributed by atoms with Gasteiger partial charge in [-0.05, 0) is 68.0 Å². The third kappa shape index (κ3) is 4.21. The van der Waals surface area contributed by atoms with Crippen molar-refractivity contribution in [2.75, 3.05) is 27.2 Å². The Hall–Kier alpha value is -4.04. The Labute approximate surface area is 252 Å². The lowest BCUT2D eigenvalue weighted by molar-refractivity contribution is -0.223. The van der Waals surface area contributed by atoms with Gasteiger partial charge in [0, 0.05) is 37.7 Å². The fraction of sp³-hybridized carbons (Fsp3) is 0.429. The van der Waals surface area contributed by atoms with Gasteiger partial charge in [-0.2, -0.15) is 0 Å². The zero-order valence-electron chi connectivity index (χ0n) is 25.0. The lowest BCUT2D eigenvalue weighted by Crippen LogP contribution is -2.79. The van der Waals surface area contributed by atoms with Gasteiger partial charge in [0.15, 0.2) is 11.5 Å². The molecule has 1 aromatic heterocycles. The van der Waals surface area contributed by atoms with E-state index in [1.54, 1.807) is 36.7 Å². The number of carbonyl (C=O) groups is 2. The molecule has 5 atom stereocenters. The number of piperidine rings is 1. The van der Waals surface area contributed by atoms with Gasteiger partial charge in [-0.25, -0.2) is 0 Å². The van der Waals surface area contributed by atoms with Crippen molar-refractivity contribution < 1.29 is 28.2 Å². The lowest BCUT2D eigenvalue weighted by Gasteiger charge is -2.65. The van der Waals surface area contributed by atoms with E-state index < -0.39 is 11.0 Å². The minimum atomic E-state index is -0.782. The summed E-state index contributed by atoms with van der Waals surface area (Å²) in [5.74, 6) is 1.02. The molecule has 2 aliphatic carbocycles. The van der Waals surface area contributed by atoms with Gasteiger partial charge >= 0.3 is 5.97 Å². The highest BCUT2D eigenvalue weighted by Gasteiger charge is 2.75. The van der Waals surface area contributed by atoms with Gasteiger partial charge in [0.05, 0.1) is 37.1 Å². The van der Waals surface area contributed by atoms with E-state index in [0.717, 1.165) is 49.2 Å². The van der Waals surface area contributed by atoms with Crippen molar-refractivity contribution in [3.8, 4) is 11.5 Å². The van der Waals surface area contributed by atoms with Crippen LogP contribution in [0, 0.1) is 0 Å². The predicted molar refractivity (Wildman–Crippen MR) is 161 cm³/mol. The topological polar surface area (TPSA) is 81.5 Å². The van der Waals surface area contributed by atoms with Gasteiger partial charge in [-0.3, -0.25) is 14.5 Å². The Morgan fingerprint density at radius 2 is 1.98 bits per heavy atom. The van der Waals surface area contributed by atoms with Crippen LogP contribution in [0.3, 0.4) is 0 Å². The molecule has 8 nitrogen and oxygen atoms in total. The van der Waals surface area contributed by atoms with Crippen molar-refractivity contribution in [1.29, 1.82) is 0 Å². The maximum Gasteiger partial charge on any atom is 0.303 e. The number of hydrogen-bond acceptors (Lipinski definition) is 7. The zero-order valence-corrected chi connectivity index (χ0v) is 25.0. The number of furan rings is 1. The van der Waals surface area contributed by atoms with E-state index in [1.807, 2.05) is 25.2 Å². The molecular weight excluding hydrogens is 544 g/mol. The number of esters is 1. The normalized spacial score (nSPS) is 28.7. The molecule has 3 heterocycles. The van der Waals surface area contributed by atoms with Crippen LogP contribution in [-0.4, -0.2) is 72.7 Å². The van der Waals surface area contributed by atoms with Crippen LogP contribution in [0.15, 0.2) is 71.6 Å². The number of nitrogens with zero attached hydrogens (tertiary/aromatic N) is 2. The summed E-state index contributed by atoms with van der Waals surface area (Å²) in [6.45, 7) is 3.24. The second kappa shape index (κ2) is 10.6. The molecule has 8 heteroatoms. The average molecular weight is 583 g/mol. The molecule has 7 rings (SSSR count). The average Bonchev–Trinajstić information content (AvgIpc) is 3.65. The number of methoxy groups -OCH3 is 1. The molecule has 0 unspecified atom stereocenters.